The van der Waals surface area contributed by atoms with Gasteiger partial charge in [0, 0.05) is 57.2 Å². The fourth-order valence-electron chi connectivity index (χ4n) is 4.69. The SMILES string of the molecule is C#CCCC1(CCN(C(=O)c2cnc3n2CCC(C)C3)C(C(=O)NC(C)C)c2nccnc2C)N=N1. The molecular formula is C26H34N8O2. The van der Waals surface area contributed by atoms with Crippen LogP contribution in [0.2, 0.25) is 0 Å². The maximum atomic E-state index is 14.2. The highest BCUT2D eigenvalue weighted by molar-refractivity contribution is 5.96. The Bertz CT molecular complexity index is 1190. The van der Waals surface area contributed by atoms with Gasteiger partial charge in [-0.05, 0) is 33.1 Å². The Morgan fingerprint density at radius 3 is 2.67 bits per heavy atom. The van der Waals surface area contributed by atoms with Crippen molar-refractivity contribution in [2.45, 2.75) is 84.1 Å². The summed E-state index contributed by atoms with van der Waals surface area (Å²) in [6.45, 7) is 8.72. The van der Waals surface area contributed by atoms with Crippen LogP contribution in [0.1, 0.15) is 80.2 Å². The summed E-state index contributed by atoms with van der Waals surface area (Å²) in [7, 11) is 0. The van der Waals surface area contributed by atoms with E-state index in [1.165, 1.54) is 0 Å². The minimum Gasteiger partial charge on any atom is -0.352 e. The van der Waals surface area contributed by atoms with Crippen LogP contribution in [0.5, 0.6) is 0 Å². The number of aromatic nitrogens is 4. The highest BCUT2D eigenvalue weighted by Gasteiger charge is 2.43. The fourth-order valence-corrected chi connectivity index (χ4v) is 4.69. The Morgan fingerprint density at radius 2 is 2.00 bits per heavy atom. The van der Waals surface area contributed by atoms with Crippen LogP contribution in [-0.2, 0) is 17.8 Å². The maximum absolute atomic E-state index is 14.2. The number of terminal acetylenes is 1. The molecule has 2 aromatic rings. The second kappa shape index (κ2) is 10.6. The number of hydrogen-bond acceptors (Lipinski definition) is 7. The third-order valence-corrected chi connectivity index (χ3v) is 6.77. The molecule has 0 aliphatic carbocycles. The third-order valence-electron chi connectivity index (χ3n) is 6.77. The predicted molar refractivity (Wildman–Crippen MR) is 134 cm³/mol. The molecule has 36 heavy (non-hydrogen) atoms. The van der Waals surface area contributed by atoms with Gasteiger partial charge in [0.2, 0.25) is 5.91 Å². The summed E-state index contributed by atoms with van der Waals surface area (Å²) < 4.78 is 1.98. The van der Waals surface area contributed by atoms with Gasteiger partial charge in [-0.15, -0.1) is 12.3 Å². The lowest BCUT2D eigenvalue weighted by Crippen LogP contribution is -2.47. The van der Waals surface area contributed by atoms with E-state index >= 15 is 0 Å². The molecule has 4 rings (SSSR count). The van der Waals surface area contributed by atoms with Crippen LogP contribution in [0, 0.1) is 25.2 Å². The molecule has 2 aliphatic rings. The molecule has 0 saturated heterocycles. The van der Waals surface area contributed by atoms with Crippen molar-refractivity contribution in [1.29, 1.82) is 0 Å². The third kappa shape index (κ3) is 5.45. The summed E-state index contributed by atoms with van der Waals surface area (Å²) in [5.74, 6) is 3.46. The number of fused-ring (bicyclic) bond motifs is 1. The number of amides is 2. The minimum atomic E-state index is -0.967. The zero-order chi connectivity index (χ0) is 25.9. The summed E-state index contributed by atoms with van der Waals surface area (Å²) in [6, 6.07) is -1.08. The summed E-state index contributed by atoms with van der Waals surface area (Å²) in [5.41, 5.74) is 0.904. The van der Waals surface area contributed by atoms with Crippen LogP contribution in [0.4, 0.5) is 0 Å². The molecule has 2 atom stereocenters. The van der Waals surface area contributed by atoms with Crippen molar-refractivity contribution >= 4 is 11.8 Å². The van der Waals surface area contributed by atoms with E-state index in [1.807, 2.05) is 18.4 Å². The predicted octanol–water partition coefficient (Wildman–Crippen LogP) is 3.24. The van der Waals surface area contributed by atoms with Crippen LogP contribution in [0.3, 0.4) is 0 Å². The van der Waals surface area contributed by atoms with Gasteiger partial charge >= 0.3 is 0 Å². The van der Waals surface area contributed by atoms with E-state index in [0.29, 0.717) is 42.3 Å². The Balaban J connectivity index is 1.72. The molecule has 10 heteroatoms. The summed E-state index contributed by atoms with van der Waals surface area (Å²) in [6.07, 6.45) is 13.6. The molecule has 10 nitrogen and oxygen atoms in total. The molecule has 0 aromatic carbocycles. The molecule has 2 unspecified atom stereocenters. The molecule has 2 aromatic heterocycles. The Kier molecular flexibility index (Phi) is 7.48. The summed E-state index contributed by atoms with van der Waals surface area (Å²) >= 11 is 0. The quantitative estimate of drug-likeness (QED) is 0.513. The number of carbonyl (C=O) groups is 2. The summed E-state index contributed by atoms with van der Waals surface area (Å²) in [5, 5.41) is 11.4. The Morgan fingerprint density at radius 1 is 1.25 bits per heavy atom. The Hall–Kier alpha value is -3.61. The van der Waals surface area contributed by atoms with Gasteiger partial charge in [-0.2, -0.15) is 10.2 Å². The smallest absolute Gasteiger partial charge is 0.273 e. The second-order valence-electron chi connectivity index (χ2n) is 10.0. The molecular weight excluding hydrogens is 456 g/mol. The number of rotatable bonds is 10. The van der Waals surface area contributed by atoms with Crippen molar-refractivity contribution in [3.8, 4) is 12.3 Å². The van der Waals surface area contributed by atoms with Gasteiger partial charge in [0.25, 0.3) is 5.91 Å². The van der Waals surface area contributed by atoms with Gasteiger partial charge in [-0.25, -0.2) is 4.98 Å². The van der Waals surface area contributed by atoms with Gasteiger partial charge in [0.15, 0.2) is 11.7 Å². The van der Waals surface area contributed by atoms with Crippen LogP contribution in [0.25, 0.3) is 0 Å². The van der Waals surface area contributed by atoms with E-state index in [2.05, 4.69) is 43.3 Å². The largest absolute Gasteiger partial charge is 0.352 e. The van der Waals surface area contributed by atoms with Crippen molar-refractivity contribution in [3.63, 3.8) is 0 Å². The van der Waals surface area contributed by atoms with E-state index in [4.69, 9.17) is 6.42 Å². The average Bonchev–Trinajstić information content (AvgIpc) is 3.49. The Labute approximate surface area is 212 Å². The average molecular weight is 491 g/mol. The van der Waals surface area contributed by atoms with E-state index < -0.39 is 11.7 Å². The monoisotopic (exact) mass is 490 g/mol. The molecule has 0 bridgehead atoms. The maximum Gasteiger partial charge on any atom is 0.273 e. The zero-order valence-electron chi connectivity index (χ0n) is 21.4. The lowest BCUT2D eigenvalue weighted by atomic mass is 10.00. The lowest BCUT2D eigenvalue weighted by Gasteiger charge is -2.33. The molecule has 0 saturated carbocycles. The number of carbonyl (C=O) groups excluding carboxylic acids is 2. The molecule has 0 spiro atoms. The van der Waals surface area contributed by atoms with E-state index in [-0.39, 0.29) is 24.4 Å². The number of hydrogen-bond donors (Lipinski definition) is 1. The van der Waals surface area contributed by atoms with E-state index in [9.17, 15) is 9.59 Å². The molecule has 2 aliphatic heterocycles. The normalized spacial score (nSPS) is 18.3. The zero-order valence-corrected chi connectivity index (χ0v) is 21.4. The van der Waals surface area contributed by atoms with Gasteiger partial charge < -0.3 is 14.8 Å². The van der Waals surface area contributed by atoms with Crippen molar-refractivity contribution in [3.05, 3.63) is 41.5 Å². The number of aryl methyl sites for hydroxylation is 1. The van der Waals surface area contributed by atoms with Crippen LogP contribution < -0.4 is 5.32 Å². The fraction of sp³-hybridized carbons (Fsp3) is 0.577. The first kappa shape index (κ1) is 25.5. The topological polar surface area (TPSA) is 118 Å². The van der Waals surface area contributed by atoms with Gasteiger partial charge in [0.05, 0.1) is 17.6 Å². The first-order chi connectivity index (χ1) is 17.2. The van der Waals surface area contributed by atoms with E-state index in [1.54, 1.807) is 30.4 Å². The highest BCUT2D eigenvalue weighted by Crippen LogP contribution is 2.38. The summed E-state index contributed by atoms with van der Waals surface area (Å²) in [4.78, 5) is 42.7. The first-order valence-corrected chi connectivity index (χ1v) is 12.6. The van der Waals surface area contributed by atoms with Gasteiger partial charge in [-0.3, -0.25) is 19.6 Å². The highest BCUT2D eigenvalue weighted by atomic mass is 16.2. The van der Waals surface area contributed by atoms with Crippen LogP contribution >= 0.6 is 0 Å². The van der Waals surface area contributed by atoms with Crippen molar-refractivity contribution in [1.82, 2.24) is 29.7 Å². The first-order valence-electron chi connectivity index (χ1n) is 12.6. The van der Waals surface area contributed by atoms with Crippen LogP contribution in [0.15, 0.2) is 28.8 Å². The number of nitrogens with zero attached hydrogens (tertiary/aromatic N) is 7. The van der Waals surface area contributed by atoms with Crippen molar-refractivity contribution in [2.24, 2.45) is 16.1 Å². The minimum absolute atomic E-state index is 0.117. The second-order valence-corrected chi connectivity index (χ2v) is 10.0. The molecule has 4 heterocycles. The number of nitrogens with one attached hydrogen (secondary N) is 1. The molecule has 2 amide bonds. The van der Waals surface area contributed by atoms with Crippen molar-refractivity contribution in [2.75, 3.05) is 6.54 Å². The standard InChI is InChI=1S/C26H34N8O2/c1-6-7-9-26(31-32-26)10-14-34(25(36)20-16-29-21-15-18(4)8-13-33(20)21)23(24(35)30-17(2)3)22-19(5)27-11-12-28-22/h1,11-12,16-18,23H,7-10,13-15H2,2-5H3,(H,30,35). The van der Waals surface area contributed by atoms with E-state index in [0.717, 1.165) is 25.2 Å². The lowest BCUT2D eigenvalue weighted by molar-refractivity contribution is -0.126. The van der Waals surface area contributed by atoms with Gasteiger partial charge in [-0.1, -0.05) is 6.92 Å². The van der Waals surface area contributed by atoms with Crippen molar-refractivity contribution < 1.29 is 9.59 Å². The molecule has 0 radical (unpaired) electrons. The molecule has 190 valence electrons. The van der Waals surface area contributed by atoms with Gasteiger partial charge in [0.1, 0.15) is 11.5 Å². The molecule has 1 N–H and O–H groups in total. The molecule has 0 fully saturated rings. The van der Waals surface area contributed by atoms with Crippen LogP contribution in [-0.4, -0.2) is 54.5 Å². The number of imidazole rings is 1.